The molecule has 9 aromatic rings. The zero-order valence-electron chi connectivity index (χ0n) is 28.0. The first-order valence-corrected chi connectivity index (χ1v) is 17.7. The Labute approximate surface area is 291 Å². The lowest BCUT2D eigenvalue weighted by Gasteiger charge is -2.29. The summed E-state index contributed by atoms with van der Waals surface area (Å²) in [7, 11) is 0. The van der Waals surface area contributed by atoms with Crippen LogP contribution in [-0.2, 0) is 0 Å². The first-order valence-electron chi connectivity index (χ1n) is 17.7. The van der Waals surface area contributed by atoms with Crippen molar-refractivity contribution in [3.05, 3.63) is 163 Å². The molecule has 0 radical (unpaired) electrons. The SMILES string of the molecule is CC(C)c1ccc(N(c2ccc3cc4c(cc3c2)-c2cc3ccccc3cc2-4)c2ccc3cc4c(cc3c2)-c2cc3ccccc3cc2-4)cc1. The molecule has 0 amide bonds. The summed E-state index contributed by atoms with van der Waals surface area (Å²) in [5, 5.41) is 10.2. The van der Waals surface area contributed by atoms with Gasteiger partial charge in [0.2, 0.25) is 0 Å². The molecule has 0 heterocycles. The molecule has 0 fully saturated rings. The van der Waals surface area contributed by atoms with Crippen molar-refractivity contribution in [1.82, 2.24) is 0 Å². The van der Waals surface area contributed by atoms with Crippen molar-refractivity contribution in [2.24, 2.45) is 0 Å². The van der Waals surface area contributed by atoms with Gasteiger partial charge in [0.15, 0.2) is 0 Å². The maximum atomic E-state index is 2.42. The topological polar surface area (TPSA) is 3.24 Å². The smallest absolute Gasteiger partial charge is 0.0468 e. The van der Waals surface area contributed by atoms with Crippen molar-refractivity contribution in [2.75, 3.05) is 4.90 Å². The average Bonchev–Trinajstić information content (AvgIpc) is 3.15. The predicted octanol–water partition coefficient (Wildman–Crippen LogP) is 14.2. The van der Waals surface area contributed by atoms with Gasteiger partial charge in [0, 0.05) is 17.1 Å². The fraction of sp³-hybridized carbons (Fsp3) is 0.0612. The van der Waals surface area contributed by atoms with Crippen molar-refractivity contribution in [3.8, 4) is 44.5 Å². The standard InChI is InChI=1S/C49H33N/c1-29(2)30-11-15-39(16-12-30)50(40-17-13-35-25-46-42-21-31-7-3-5-9-33(31)23-44(42)48(46)27-37(35)19-40)41-18-14-36-26-47-43-22-32-8-4-6-10-34(32)24-45(43)49(47)28-38(36)20-41/h3-29H,1-2H3. The highest BCUT2D eigenvalue weighted by atomic mass is 15.1. The van der Waals surface area contributed by atoms with Crippen molar-refractivity contribution in [3.63, 3.8) is 0 Å². The third-order valence-corrected chi connectivity index (χ3v) is 11.2. The molecule has 0 aliphatic heterocycles. The van der Waals surface area contributed by atoms with Crippen LogP contribution in [0.1, 0.15) is 25.3 Å². The third-order valence-electron chi connectivity index (χ3n) is 11.2. The van der Waals surface area contributed by atoms with Crippen LogP contribution >= 0.6 is 0 Å². The molecule has 1 heteroatoms. The van der Waals surface area contributed by atoms with Gasteiger partial charge in [-0.05, 0) is 184 Å². The van der Waals surface area contributed by atoms with Crippen LogP contribution in [0.15, 0.2) is 158 Å². The van der Waals surface area contributed by atoms with Gasteiger partial charge in [-0.25, -0.2) is 0 Å². The zero-order valence-corrected chi connectivity index (χ0v) is 28.0. The Bertz CT molecular complexity index is 2720. The Hall–Kier alpha value is -6.18. The summed E-state index contributed by atoms with van der Waals surface area (Å²) in [6, 6.07) is 59.3. The lowest BCUT2D eigenvalue weighted by molar-refractivity contribution is 0.866. The summed E-state index contributed by atoms with van der Waals surface area (Å²) in [5.74, 6) is 0.482. The number of nitrogens with zero attached hydrogens (tertiary/aromatic N) is 1. The van der Waals surface area contributed by atoms with E-state index in [0.717, 1.165) is 17.1 Å². The van der Waals surface area contributed by atoms with Crippen molar-refractivity contribution < 1.29 is 0 Å². The van der Waals surface area contributed by atoms with Gasteiger partial charge >= 0.3 is 0 Å². The molecular weight excluding hydrogens is 603 g/mol. The molecule has 1 nitrogen and oxygen atoms in total. The summed E-state index contributed by atoms with van der Waals surface area (Å²) < 4.78 is 0. The Morgan fingerprint density at radius 2 is 0.600 bits per heavy atom. The quantitative estimate of drug-likeness (QED) is 0.186. The average molecular weight is 636 g/mol. The summed E-state index contributed by atoms with van der Waals surface area (Å²) in [6.07, 6.45) is 0. The monoisotopic (exact) mass is 635 g/mol. The molecule has 0 spiro atoms. The van der Waals surface area contributed by atoms with E-state index in [1.807, 2.05) is 0 Å². The van der Waals surface area contributed by atoms with Gasteiger partial charge < -0.3 is 4.90 Å². The van der Waals surface area contributed by atoms with Gasteiger partial charge in [-0.3, -0.25) is 0 Å². The van der Waals surface area contributed by atoms with Crippen molar-refractivity contribution in [2.45, 2.75) is 19.8 Å². The molecule has 0 saturated heterocycles. The number of hydrogen-bond donors (Lipinski definition) is 0. The van der Waals surface area contributed by atoms with Crippen LogP contribution in [0.25, 0.3) is 87.6 Å². The van der Waals surface area contributed by atoms with Gasteiger partial charge in [-0.15, -0.1) is 0 Å². The number of rotatable bonds is 4. The number of anilines is 3. The Morgan fingerprint density at radius 1 is 0.300 bits per heavy atom. The molecule has 0 unspecified atom stereocenters. The Balaban J connectivity index is 1.04. The highest BCUT2D eigenvalue weighted by Gasteiger charge is 2.26. The minimum atomic E-state index is 0.482. The fourth-order valence-corrected chi connectivity index (χ4v) is 8.44. The molecule has 0 saturated carbocycles. The van der Waals surface area contributed by atoms with E-state index in [4.69, 9.17) is 0 Å². The summed E-state index contributed by atoms with van der Waals surface area (Å²) in [4.78, 5) is 2.42. The number of fused-ring (bicyclic) bond motifs is 12. The van der Waals surface area contributed by atoms with E-state index in [9.17, 15) is 0 Å². The molecule has 0 atom stereocenters. The summed E-state index contributed by atoms with van der Waals surface area (Å²) in [6.45, 7) is 4.51. The van der Waals surface area contributed by atoms with Crippen LogP contribution in [-0.4, -0.2) is 0 Å². The van der Waals surface area contributed by atoms with Crippen LogP contribution < -0.4 is 4.90 Å². The van der Waals surface area contributed by atoms with E-state index in [1.54, 1.807) is 0 Å². The van der Waals surface area contributed by atoms with E-state index in [1.165, 1.54) is 93.2 Å². The highest BCUT2D eigenvalue weighted by Crippen LogP contribution is 2.52. The van der Waals surface area contributed by atoms with Crippen LogP contribution in [0.2, 0.25) is 0 Å². The van der Waals surface area contributed by atoms with Crippen LogP contribution in [0.4, 0.5) is 17.1 Å². The largest absolute Gasteiger partial charge is 0.310 e. The second-order valence-corrected chi connectivity index (χ2v) is 14.4. The summed E-state index contributed by atoms with van der Waals surface area (Å²) >= 11 is 0. The molecule has 0 aromatic heterocycles. The lowest BCUT2D eigenvalue weighted by atomic mass is 9.78. The lowest BCUT2D eigenvalue weighted by Crippen LogP contribution is -2.10. The maximum Gasteiger partial charge on any atom is 0.0468 e. The van der Waals surface area contributed by atoms with Crippen LogP contribution in [0.5, 0.6) is 0 Å². The van der Waals surface area contributed by atoms with E-state index in [2.05, 4.69) is 176 Å². The second kappa shape index (κ2) is 10.2. The van der Waals surface area contributed by atoms with Gasteiger partial charge in [-0.1, -0.05) is 86.6 Å². The second-order valence-electron chi connectivity index (χ2n) is 14.4. The predicted molar refractivity (Wildman–Crippen MR) is 214 cm³/mol. The minimum Gasteiger partial charge on any atom is -0.310 e. The van der Waals surface area contributed by atoms with Gasteiger partial charge in [0.25, 0.3) is 0 Å². The molecular formula is C49H33N. The zero-order chi connectivity index (χ0) is 33.1. The maximum absolute atomic E-state index is 2.42. The normalized spacial score (nSPS) is 12.4. The van der Waals surface area contributed by atoms with Gasteiger partial charge in [0.1, 0.15) is 0 Å². The molecule has 11 rings (SSSR count). The highest BCUT2D eigenvalue weighted by molar-refractivity contribution is 6.13. The Morgan fingerprint density at radius 3 is 0.940 bits per heavy atom. The third kappa shape index (κ3) is 4.01. The molecule has 0 N–H and O–H groups in total. The number of hydrogen-bond acceptors (Lipinski definition) is 1. The molecule has 2 aliphatic carbocycles. The van der Waals surface area contributed by atoms with E-state index < -0.39 is 0 Å². The summed E-state index contributed by atoms with van der Waals surface area (Å²) in [5.41, 5.74) is 15.7. The molecule has 2 aliphatic rings. The minimum absolute atomic E-state index is 0.482. The molecule has 50 heavy (non-hydrogen) atoms. The number of benzene rings is 9. The van der Waals surface area contributed by atoms with E-state index >= 15 is 0 Å². The van der Waals surface area contributed by atoms with Crippen molar-refractivity contribution in [1.29, 1.82) is 0 Å². The Kier molecular flexibility index (Phi) is 5.64. The molecule has 234 valence electrons. The van der Waals surface area contributed by atoms with E-state index in [-0.39, 0.29) is 0 Å². The van der Waals surface area contributed by atoms with Crippen LogP contribution in [0, 0.1) is 0 Å². The van der Waals surface area contributed by atoms with E-state index in [0.29, 0.717) is 5.92 Å². The first kappa shape index (κ1) is 27.7. The fourth-order valence-electron chi connectivity index (χ4n) is 8.44. The van der Waals surface area contributed by atoms with Gasteiger partial charge in [-0.2, -0.15) is 0 Å². The molecule has 9 aromatic carbocycles. The van der Waals surface area contributed by atoms with Crippen molar-refractivity contribution >= 4 is 60.2 Å². The van der Waals surface area contributed by atoms with Gasteiger partial charge in [0.05, 0.1) is 0 Å². The molecule has 0 bridgehead atoms. The van der Waals surface area contributed by atoms with Crippen LogP contribution in [0.3, 0.4) is 0 Å². The first-order chi connectivity index (χ1) is 24.6.